The molecule has 7 nitrogen and oxygen atoms in total. The number of nitro groups is 1. The molecule has 0 aliphatic rings. The Morgan fingerprint density at radius 2 is 2.21 bits per heavy atom. The van der Waals surface area contributed by atoms with Gasteiger partial charge in [-0.3, -0.25) is 14.9 Å². The van der Waals surface area contributed by atoms with Gasteiger partial charge in [0.25, 0.3) is 5.91 Å². The van der Waals surface area contributed by atoms with Crippen molar-refractivity contribution >= 4 is 17.3 Å². The number of rotatable bonds is 5. The van der Waals surface area contributed by atoms with E-state index in [1.807, 2.05) is 0 Å². The van der Waals surface area contributed by atoms with E-state index in [0.717, 1.165) is 0 Å². The maximum absolute atomic E-state index is 12.2. The lowest BCUT2D eigenvalue weighted by Crippen LogP contribution is -2.37. The summed E-state index contributed by atoms with van der Waals surface area (Å²) in [4.78, 5) is 24.0. The monoisotopic (exact) mass is 267 g/mol. The SMILES string of the molecule is CNc1cccc(C(=O)N(C)C(C)CO)c1[N+](=O)[O-]. The third kappa shape index (κ3) is 3.00. The van der Waals surface area contributed by atoms with Gasteiger partial charge in [0.15, 0.2) is 0 Å². The van der Waals surface area contributed by atoms with Gasteiger partial charge < -0.3 is 15.3 Å². The number of nitro benzene ring substituents is 1. The van der Waals surface area contributed by atoms with Gasteiger partial charge in [-0.2, -0.15) is 0 Å². The molecule has 1 rings (SSSR count). The summed E-state index contributed by atoms with van der Waals surface area (Å²) >= 11 is 0. The van der Waals surface area contributed by atoms with Gasteiger partial charge in [0, 0.05) is 14.1 Å². The van der Waals surface area contributed by atoms with Gasteiger partial charge in [0.2, 0.25) is 0 Å². The van der Waals surface area contributed by atoms with Crippen LogP contribution in [0.25, 0.3) is 0 Å². The average Bonchev–Trinajstić information content (AvgIpc) is 2.43. The average molecular weight is 267 g/mol. The quantitative estimate of drug-likeness (QED) is 0.615. The second-order valence-electron chi connectivity index (χ2n) is 4.16. The topological polar surface area (TPSA) is 95.7 Å². The first-order valence-corrected chi connectivity index (χ1v) is 5.77. The highest BCUT2D eigenvalue weighted by Crippen LogP contribution is 2.29. The number of anilines is 1. The Hall–Kier alpha value is -2.15. The number of nitrogens with zero attached hydrogens (tertiary/aromatic N) is 2. The van der Waals surface area contributed by atoms with Crippen LogP contribution in [-0.2, 0) is 0 Å². The van der Waals surface area contributed by atoms with Crippen LogP contribution in [0.2, 0.25) is 0 Å². The fourth-order valence-electron chi connectivity index (χ4n) is 1.63. The molecule has 0 heterocycles. The molecule has 0 aliphatic heterocycles. The molecular formula is C12H17N3O4. The van der Waals surface area contributed by atoms with Crippen molar-refractivity contribution in [2.24, 2.45) is 0 Å². The molecule has 0 bridgehead atoms. The third-order valence-electron chi connectivity index (χ3n) is 2.96. The maximum Gasteiger partial charge on any atom is 0.305 e. The molecule has 0 aromatic heterocycles. The van der Waals surface area contributed by atoms with E-state index >= 15 is 0 Å². The number of aliphatic hydroxyl groups is 1. The lowest BCUT2D eigenvalue weighted by atomic mass is 10.1. The Balaban J connectivity index is 3.27. The Kier molecular flexibility index (Phi) is 4.82. The van der Waals surface area contributed by atoms with Crippen LogP contribution >= 0.6 is 0 Å². The highest BCUT2D eigenvalue weighted by atomic mass is 16.6. The summed E-state index contributed by atoms with van der Waals surface area (Å²) in [6, 6.07) is 4.10. The van der Waals surface area contributed by atoms with Gasteiger partial charge in [0.05, 0.1) is 17.6 Å². The predicted molar refractivity (Wildman–Crippen MR) is 71.3 cm³/mol. The van der Waals surface area contributed by atoms with Gasteiger partial charge in [-0.05, 0) is 19.1 Å². The second kappa shape index (κ2) is 6.14. The number of carbonyl (C=O) groups is 1. The van der Waals surface area contributed by atoms with Crippen LogP contribution < -0.4 is 5.32 Å². The molecule has 19 heavy (non-hydrogen) atoms. The van der Waals surface area contributed by atoms with Gasteiger partial charge in [0.1, 0.15) is 11.3 Å². The van der Waals surface area contributed by atoms with Crippen molar-refractivity contribution in [1.29, 1.82) is 0 Å². The van der Waals surface area contributed by atoms with Crippen molar-refractivity contribution in [3.05, 3.63) is 33.9 Å². The van der Waals surface area contributed by atoms with Gasteiger partial charge in [-0.1, -0.05) is 6.07 Å². The molecule has 2 N–H and O–H groups in total. The molecule has 0 fully saturated rings. The highest BCUT2D eigenvalue weighted by Gasteiger charge is 2.27. The van der Waals surface area contributed by atoms with Crippen LogP contribution in [0.1, 0.15) is 17.3 Å². The number of amides is 1. The Morgan fingerprint density at radius 3 is 2.68 bits per heavy atom. The molecule has 1 atom stereocenters. The predicted octanol–water partition coefficient (Wildman–Crippen LogP) is 1.09. The van der Waals surface area contributed by atoms with Crippen LogP contribution in [0.5, 0.6) is 0 Å². The lowest BCUT2D eigenvalue weighted by molar-refractivity contribution is -0.384. The molecule has 104 valence electrons. The molecule has 0 aliphatic carbocycles. The van der Waals surface area contributed by atoms with E-state index < -0.39 is 16.9 Å². The minimum absolute atomic E-state index is 0.000324. The number of hydrogen-bond acceptors (Lipinski definition) is 5. The van der Waals surface area contributed by atoms with Crippen LogP contribution in [0, 0.1) is 10.1 Å². The number of carbonyl (C=O) groups excluding carboxylic acids is 1. The molecule has 0 spiro atoms. The van der Waals surface area contributed by atoms with Crippen molar-refractivity contribution in [2.45, 2.75) is 13.0 Å². The van der Waals surface area contributed by atoms with Crippen molar-refractivity contribution in [1.82, 2.24) is 4.90 Å². The van der Waals surface area contributed by atoms with Crippen molar-refractivity contribution < 1.29 is 14.8 Å². The fourth-order valence-corrected chi connectivity index (χ4v) is 1.63. The molecule has 1 unspecified atom stereocenters. The molecular weight excluding hydrogens is 250 g/mol. The third-order valence-corrected chi connectivity index (χ3v) is 2.96. The summed E-state index contributed by atoms with van der Waals surface area (Å²) in [5.41, 5.74) is 0.0209. The number of nitrogens with one attached hydrogen (secondary N) is 1. The summed E-state index contributed by atoms with van der Waals surface area (Å²) in [5, 5.41) is 22.8. The van der Waals surface area contributed by atoms with Crippen LogP contribution in [0.15, 0.2) is 18.2 Å². The van der Waals surface area contributed by atoms with Crippen LogP contribution in [0.4, 0.5) is 11.4 Å². The summed E-state index contributed by atoms with van der Waals surface area (Å²) in [6.45, 7) is 1.45. The Bertz CT molecular complexity index is 490. The molecule has 1 amide bonds. The van der Waals surface area contributed by atoms with Gasteiger partial charge in [-0.15, -0.1) is 0 Å². The lowest BCUT2D eigenvalue weighted by Gasteiger charge is -2.23. The first-order valence-electron chi connectivity index (χ1n) is 5.77. The van der Waals surface area contributed by atoms with E-state index in [4.69, 9.17) is 5.11 Å². The van der Waals surface area contributed by atoms with E-state index in [9.17, 15) is 14.9 Å². The van der Waals surface area contributed by atoms with E-state index in [1.165, 1.54) is 24.1 Å². The largest absolute Gasteiger partial charge is 0.394 e. The Morgan fingerprint density at radius 1 is 1.58 bits per heavy atom. The smallest absolute Gasteiger partial charge is 0.305 e. The van der Waals surface area contributed by atoms with Gasteiger partial charge in [-0.25, -0.2) is 0 Å². The number of aliphatic hydroxyl groups excluding tert-OH is 1. The molecule has 1 aromatic rings. The molecule has 0 saturated carbocycles. The molecule has 0 saturated heterocycles. The standard InChI is InChI=1S/C12H17N3O4/c1-8(7-16)14(3)12(17)9-5-4-6-10(13-2)11(9)15(18)19/h4-6,8,13,16H,7H2,1-3H3. The van der Waals surface area contributed by atoms with E-state index in [-0.39, 0.29) is 23.5 Å². The van der Waals surface area contributed by atoms with Crippen LogP contribution in [-0.4, -0.2) is 47.6 Å². The minimum Gasteiger partial charge on any atom is -0.394 e. The van der Waals surface area contributed by atoms with Crippen LogP contribution in [0.3, 0.4) is 0 Å². The highest BCUT2D eigenvalue weighted by molar-refractivity contribution is 6.00. The number of hydrogen-bond donors (Lipinski definition) is 2. The summed E-state index contributed by atoms with van der Waals surface area (Å²) in [5.74, 6) is -0.495. The zero-order valence-corrected chi connectivity index (χ0v) is 11.1. The second-order valence-corrected chi connectivity index (χ2v) is 4.16. The first-order chi connectivity index (χ1) is 8.93. The van der Waals surface area contributed by atoms with E-state index in [1.54, 1.807) is 20.0 Å². The zero-order chi connectivity index (χ0) is 14.6. The van der Waals surface area contributed by atoms with Crippen molar-refractivity contribution in [2.75, 3.05) is 26.0 Å². The normalized spacial score (nSPS) is 11.8. The minimum atomic E-state index is -0.587. The van der Waals surface area contributed by atoms with Gasteiger partial charge >= 0.3 is 5.69 Å². The Labute approximate surface area is 111 Å². The molecule has 0 radical (unpaired) electrons. The van der Waals surface area contributed by atoms with E-state index in [0.29, 0.717) is 0 Å². The molecule has 1 aromatic carbocycles. The van der Waals surface area contributed by atoms with Crippen molar-refractivity contribution in [3.63, 3.8) is 0 Å². The number of benzene rings is 1. The molecule has 7 heteroatoms. The summed E-state index contributed by atoms with van der Waals surface area (Å²) in [7, 11) is 3.05. The number of para-hydroxylation sites is 1. The summed E-state index contributed by atoms with van der Waals surface area (Å²) in [6.07, 6.45) is 0. The van der Waals surface area contributed by atoms with Crippen molar-refractivity contribution in [3.8, 4) is 0 Å². The number of likely N-dealkylation sites (N-methyl/N-ethyl adjacent to an activating group) is 1. The fraction of sp³-hybridized carbons (Fsp3) is 0.417. The zero-order valence-electron chi connectivity index (χ0n) is 11.1. The van der Waals surface area contributed by atoms with E-state index in [2.05, 4.69) is 5.32 Å². The summed E-state index contributed by atoms with van der Waals surface area (Å²) < 4.78 is 0. The maximum atomic E-state index is 12.2. The first kappa shape index (κ1) is 14.9.